The summed E-state index contributed by atoms with van der Waals surface area (Å²) in [7, 11) is 0. The molecule has 7 heteroatoms. The monoisotopic (exact) mass is 323 g/mol. The number of rotatable bonds is 1. The Morgan fingerprint density at radius 3 is 2.95 bits per heavy atom. The highest BCUT2D eigenvalue weighted by molar-refractivity contribution is 6.34. The zero-order valence-electron chi connectivity index (χ0n) is 11.1. The molecule has 2 heterocycles. The molecule has 1 atom stereocenters. The zero-order valence-corrected chi connectivity index (χ0v) is 12.6. The van der Waals surface area contributed by atoms with Crippen molar-refractivity contribution in [1.82, 2.24) is 9.97 Å². The van der Waals surface area contributed by atoms with Crippen LogP contribution in [0.2, 0.25) is 10.0 Å². The van der Waals surface area contributed by atoms with Crippen molar-refractivity contribution in [3.05, 3.63) is 46.5 Å². The second-order valence-electron chi connectivity index (χ2n) is 4.65. The molecule has 0 saturated heterocycles. The number of benzene rings is 1. The molecule has 1 aliphatic rings. The van der Waals surface area contributed by atoms with Crippen molar-refractivity contribution in [2.24, 2.45) is 0 Å². The minimum atomic E-state index is -0.305. The summed E-state index contributed by atoms with van der Waals surface area (Å²) < 4.78 is 5.72. The predicted octanol–water partition coefficient (Wildman–Crippen LogP) is 3.21. The third kappa shape index (κ3) is 2.54. The first kappa shape index (κ1) is 14.1. The predicted molar refractivity (Wildman–Crippen MR) is 80.3 cm³/mol. The summed E-state index contributed by atoms with van der Waals surface area (Å²) in [6.07, 6.45) is 2.51. The Labute approximate surface area is 131 Å². The lowest BCUT2D eigenvalue weighted by Crippen LogP contribution is -2.42. The van der Waals surface area contributed by atoms with Crippen LogP contribution in [0.3, 0.4) is 0 Å². The lowest BCUT2D eigenvalue weighted by Gasteiger charge is -2.33. The summed E-state index contributed by atoms with van der Waals surface area (Å²) >= 11 is 12.1. The lowest BCUT2D eigenvalue weighted by atomic mass is 10.2. The van der Waals surface area contributed by atoms with Gasteiger partial charge in [-0.3, -0.25) is 9.69 Å². The number of aromatic nitrogens is 2. The Morgan fingerprint density at radius 2 is 2.19 bits per heavy atom. The van der Waals surface area contributed by atoms with Crippen LogP contribution in [-0.2, 0) is 0 Å². The van der Waals surface area contributed by atoms with E-state index in [4.69, 9.17) is 27.9 Å². The Balaban J connectivity index is 2.06. The Morgan fingerprint density at radius 1 is 1.38 bits per heavy atom. The second kappa shape index (κ2) is 5.50. The van der Waals surface area contributed by atoms with Gasteiger partial charge in [0, 0.05) is 6.20 Å². The summed E-state index contributed by atoms with van der Waals surface area (Å²) in [5.74, 6) is 0.192. The van der Waals surface area contributed by atoms with Gasteiger partial charge in [0.1, 0.15) is 12.4 Å². The molecule has 0 saturated carbocycles. The van der Waals surface area contributed by atoms with Crippen LogP contribution in [0.5, 0.6) is 5.75 Å². The van der Waals surface area contributed by atoms with Gasteiger partial charge in [0.05, 0.1) is 22.3 Å². The molecule has 1 aliphatic heterocycles. The van der Waals surface area contributed by atoms with Crippen LogP contribution in [-0.4, -0.2) is 28.5 Å². The fourth-order valence-electron chi connectivity index (χ4n) is 2.21. The molecule has 0 bridgehead atoms. The van der Waals surface area contributed by atoms with Gasteiger partial charge in [-0.05, 0) is 19.1 Å². The number of carbonyl (C=O) groups excluding carboxylic acids is 1. The Kier molecular flexibility index (Phi) is 3.69. The van der Waals surface area contributed by atoms with Crippen LogP contribution in [0.1, 0.15) is 17.4 Å². The van der Waals surface area contributed by atoms with Gasteiger partial charge in [-0.1, -0.05) is 29.3 Å². The second-order valence-corrected chi connectivity index (χ2v) is 5.47. The van der Waals surface area contributed by atoms with E-state index in [0.717, 1.165) is 0 Å². The largest absolute Gasteiger partial charge is 0.485 e. The topological polar surface area (TPSA) is 55.3 Å². The average Bonchev–Trinajstić information content (AvgIpc) is 2.47. The van der Waals surface area contributed by atoms with E-state index in [0.29, 0.717) is 23.0 Å². The van der Waals surface area contributed by atoms with Crippen LogP contribution in [0.25, 0.3) is 0 Å². The third-order valence-corrected chi connectivity index (χ3v) is 3.69. The third-order valence-electron chi connectivity index (χ3n) is 3.11. The van der Waals surface area contributed by atoms with Crippen molar-refractivity contribution in [1.29, 1.82) is 0 Å². The number of hydrogen-bond donors (Lipinski definition) is 0. The van der Waals surface area contributed by atoms with E-state index < -0.39 is 0 Å². The lowest BCUT2D eigenvalue weighted by molar-refractivity contribution is 0.0956. The molecule has 2 aromatic rings. The smallest absolute Gasteiger partial charge is 0.278 e. The minimum Gasteiger partial charge on any atom is -0.485 e. The van der Waals surface area contributed by atoms with Gasteiger partial charge in [0.25, 0.3) is 5.91 Å². The van der Waals surface area contributed by atoms with E-state index in [1.165, 1.54) is 12.5 Å². The van der Waals surface area contributed by atoms with E-state index >= 15 is 0 Å². The molecule has 1 amide bonds. The number of halogens is 2. The van der Waals surface area contributed by atoms with Crippen LogP contribution in [0.15, 0.2) is 30.7 Å². The Bertz CT molecular complexity index is 708. The summed E-state index contributed by atoms with van der Waals surface area (Å²) in [6.45, 7) is 2.26. The number of hydrogen-bond acceptors (Lipinski definition) is 4. The maximum absolute atomic E-state index is 12.7. The molecule has 0 N–H and O–H groups in total. The number of nitrogens with zero attached hydrogens (tertiary/aromatic N) is 3. The number of amides is 1. The van der Waals surface area contributed by atoms with E-state index in [2.05, 4.69) is 9.97 Å². The number of carbonyl (C=O) groups is 1. The molecule has 0 fully saturated rings. The molecular formula is C14H11Cl2N3O2. The van der Waals surface area contributed by atoms with E-state index in [1.54, 1.807) is 23.1 Å². The van der Waals surface area contributed by atoms with Crippen LogP contribution in [0.4, 0.5) is 5.69 Å². The van der Waals surface area contributed by atoms with Gasteiger partial charge in [-0.25, -0.2) is 9.97 Å². The van der Waals surface area contributed by atoms with Crippen LogP contribution < -0.4 is 9.64 Å². The van der Waals surface area contributed by atoms with E-state index in [9.17, 15) is 4.79 Å². The standard InChI is InChI=1S/C14H11Cl2N3O2/c1-8-6-19(11-4-2-3-9(15)13(11)21-8)14(20)12-10(16)5-17-7-18-12/h2-5,7-8H,6H2,1H3. The highest BCUT2D eigenvalue weighted by Crippen LogP contribution is 2.39. The van der Waals surface area contributed by atoms with Gasteiger partial charge < -0.3 is 4.74 Å². The highest BCUT2D eigenvalue weighted by Gasteiger charge is 2.31. The molecule has 3 rings (SSSR count). The molecular weight excluding hydrogens is 313 g/mol. The van der Waals surface area contributed by atoms with Crippen LogP contribution >= 0.6 is 23.2 Å². The normalized spacial score (nSPS) is 17.1. The molecule has 108 valence electrons. The van der Waals surface area contributed by atoms with Crippen molar-refractivity contribution in [3.63, 3.8) is 0 Å². The van der Waals surface area contributed by atoms with Gasteiger partial charge in [0.2, 0.25) is 0 Å². The van der Waals surface area contributed by atoms with Gasteiger partial charge >= 0.3 is 0 Å². The fraction of sp³-hybridized carbons (Fsp3) is 0.214. The molecule has 0 aliphatic carbocycles. The highest BCUT2D eigenvalue weighted by atomic mass is 35.5. The molecule has 5 nitrogen and oxygen atoms in total. The van der Waals surface area contributed by atoms with Gasteiger partial charge in [-0.2, -0.15) is 0 Å². The van der Waals surface area contributed by atoms with E-state index in [-0.39, 0.29) is 22.7 Å². The van der Waals surface area contributed by atoms with Crippen LogP contribution in [0, 0.1) is 0 Å². The summed E-state index contributed by atoms with van der Waals surface area (Å²) in [5.41, 5.74) is 0.770. The van der Waals surface area contributed by atoms with Gasteiger partial charge in [0.15, 0.2) is 11.4 Å². The summed E-state index contributed by atoms with van der Waals surface area (Å²) in [6, 6.07) is 5.27. The quantitative estimate of drug-likeness (QED) is 0.808. The average molecular weight is 324 g/mol. The first-order chi connectivity index (χ1) is 10.1. The summed E-state index contributed by atoms with van der Waals surface area (Å²) in [4.78, 5) is 22.0. The first-order valence-electron chi connectivity index (χ1n) is 6.30. The maximum Gasteiger partial charge on any atom is 0.278 e. The zero-order chi connectivity index (χ0) is 15.0. The minimum absolute atomic E-state index is 0.159. The van der Waals surface area contributed by atoms with Crippen molar-refractivity contribution < 1.29 is 9.53 Å². The molecule has 0 spiro atoms. The molecule has 0 radical (unpaired) electrons. The number of fused-ring (bicyclic) bond motifs is 1. The molecule has 21 heavy (non-hydrogen) atoms. The van der Waals surface area contributed by atoms with Crippen molar-refractivity contribution in [2.45, 2.75) is 13.0 Å². The molecule has 1 aromatic carbocycles. The van der Waals surface area contributed by atoms with Crippen molar-refractivity contribution in [2.75, 3.05) is 11.4 Å². The SMILES string of the molecule is CC1CN(C(=O)c2ncncc2Cl)c2cccc(Cl)c2O1. The number of anilines is 1. The molecule has 1 unspecified atom stereocenters. The fourth-order valence-corrected chi connectivity index (χ4v) is 2.61. The Hall–Kier alpha value is -1.85. The maximum atomic E-state index is 12.7. The number of para-hydroxylation sites is 1. The van der Waals surface area contributed by atoms with Crippen molar-refractivity contribution in [3.8, 4) is 5.75 Å². The van der Waals surface area contributed by atoms with Gasteiger partial charge in [-0.15, -0.1) is 0 Å². The van der Waals surface area contributed by atoms with E-state index in [1.807, 2.05) is 6.92 Å². The van der Waals surface area contributed by atoms with Crippen molar-refractivity contribution >= 4 is 34.8 Å². The summed E-state index contributed by atoms with van der Waals surface area (Å²) in [5, 5.41) is 0.677. The first-order valence-corrected chi connectivity index (χ1v) is 7.06. The molecule has 1 aromatic heterocycles. The number of ether oxygens (including phenoxy) is 1.